The summed E-state index contributed by atoms with van der Waals surface area (Å²) in [6.45, 7) is 9.51. The van der Waals surface area contributed by atoms with Crippen LogP contribution in [-0.2, 0) is 11.3 Å². The summed E-state index contributed by atoms with van der Waals surface area (Å²) >= 11 is 6.00. The van der Waals surface area contributed by atoms with Crippen molar-refractivity contribution in [3.63, 3.8) is 0 Å². The molecule has 0 aromatic heterocycles. The lowest BCUT2D eigenvalue weighted by Gasteiger charge is -2.38. The minimum atomic E-state index is -0.240. The van der Waals surface area contributed by atoms with Gasteiger partial charge in [0.2, 0.25) is 5.91 Å². The van der Waals surface area contributed by atoms with Crippen LogP contribution in [0.15, 0.2) is 54.4 Å². The molecule has 174 valence electrons. The highest BCUT2D eigenvalue weighted by atomic mass is 35.5. The van der Waals surface area contributed by atoms with Crippen molar-refractivity contribution in [3.05, 3.63) is 70.8 Å². The lowest BCUT2D eigenvalue weighted by Crippen LogP contribution is -2.51. The smallest absolute Gasteiger partial charge is 0.225 e. The summed E-state index contributed by atoms with van der Waals surface area (Å²) in [5, 5.41) is 0.538. The number of nitrogens with two attached hydrogens (primary N) is 2. The number of benzene rings is 1. The second-order valence-electron chi connectivity index (χ2n) is 8.54. The van der Waals surface area contributed by atoms with Gasteiger partial charge in [0.1, 0.15) is 5.82 Å². The molecule has 0 atom stereocenters. The predicted molar refractivity (Wildman–Crippen MR) is 127 cm³/mol. The van der Waals surface area contributed by atoms with E-state index in [0.29, 0.717) is 35.9 Å². The van der Waals surface area contributed by atoms with Crippen LogP contribution in [0.4, 0.5) is 4.39 Å². The first-order valence-electron chi connectivity index (χ1n) is 11.1. The van der Waals surface area contributed by atoms with Crippen LogP contribution in [0, 0.1) is 11.7 Å². The molecule has 3 rings (SSSR count). The van der Waals surface area contributed by atoms with E-state index in [1.807, 2.05) is 17.1 Å². The molecule has 0 bridgehead atoms. The van der Waals surface area contributed by atoms with Gasteiger partial charge in [-0.3, -0.25) is 14.6 Å². The molecule has 4 N–H and O–H groups in total. The van der Waals surface area contributed by atoms with Crippen molar-refractivity contribution in [3.8, 4) is 0 Å². The van der Waals surface area contributed by atoms with Gasteiger partial charge in [0.15, 0.2) is 0 Å². The monoisotopic (exact) mass is 461 g/mol. The van der Waals surface area contributed by atoms with Crippen LogP contribution in [0.2, 0.25) is 5.02 Å². The van der Waals surface area contributed by atoms with Crippen LogP contribution in [-0.4, -0.2) is 66.4 Å². The Bertz CT molecular complexity index is 871. The maximum atomic E-state index is 14.0. The molecule has 8 heteroatoms. The summed E-state index contributed by atoms with van der Waals surface area (Å²) in [6.07, 6.45) is 6.86. The standard InChI is InChI=1S/C24H33ClFN5O/c1-18(28)14-19(4-7-27)16-29-8-5-20(6-9-29)24(32)31-12-10-30(11-13-31)17-21-15-22(25)2-3-23(21)26/h2-4,7,14-15,20H,1,5-6,8-13,16-17,27-28H2/b7-4-,19-14+. The lowest BCUT2D eigenvalue weighted by molar-refractivity contribution is -0.138. The highest BCUT2D eigenvalue weighted by molar-refractivity contribution is 6.30. The van der Waals surface area contributed by atoms with Crippen LogP contribution >= 0.6 is 11.6 Å². The SMILES string of the molecule is C=C(N)/C=C(\C=C/N)CN1CCC(C(=O)N2CCN(Cc3cc(Cl)ccc3F)CC2)CC1. The third kappa shape index (κ3) is 6.82. The van der Waals surface area contributed by atoms with E-state index in [1.54, 1.807) is 12.1 Å². The number of piperidine rings is 1. The second kappa shape index (κ2) is 11.5. The third-order valence-electron chi connectivity index (χ3n) is 6.11. The fourth-order valence-electron chi connectivity index (χ4n) is 4.39. The van der Waals surface area contributed by atoms with E-state index >= 15 is 0 Å². The van der Waals surface area contributed by atoms with Crippen molar-refractivity contribution < 1.29 is 9.18 Å². The van der Waals surface area contributed by atoms with Crippen molar-refractivity contribution in [1.82, 2.24) is 14.7 Å². The molecular formula is C24H33ClFN5O. The normalized spacial score (nSPS) is 19.6. The minimum Gasteiger partial charge on any atom is -0.405 e. The molecule has 2 heterocycles. The molecule has 0 radical (unpaired) electrons. The van der Waals surface area contributed by atoms with E-state index in [0.717, 1.165) is 51.1 Å². The number of carbonyl (C=O) groups excluding carboxylic acids is 1. The fourth-order valence-corrected chi connectivity index (χ4v) is 4.59. The third-order valence-corrected chi connectivity index (χ3v) is 6.34. The summed E-state index contributed by atoms with van der Waals surface area (Å²) in [4.78, 5) is 19.5. The Morgan fingerprint density at radius 2 is 1.84 bits per heavy atom. The first-order valence-corrected chi connectivity index (χ1v) is 11.4. The average molecular weight is 462 g/mol. The molecule has 0 spiro atoms. The molecule has 2 saturated heterocycles. The van der Waals surface area contributed by atoms with Gasteiger partial charge in [-0.05, 0) is 68.1 Å². The van der Waals surface area contributed by atoms with Crippen molar-refractivity contribution in [2.45, 2.75) is 19.4 Å². The molecule has 2 fully saturated rings. The zero-order chi connectivity index (χ0) is 23.1. The van der Waals surface area contributed by atoms with Crippen molar-refractivity contribution in [1.29, 1.82) is 0 Å². The van der Waals surface area contributed by atoms with Crippen molar-refractivity contribution in [2.75, 3.05) is 45.8 Å². The van der Waals surface area contributed by atoms with E-state index in [1.165, 1.54) is 12.3 Å². The quantitative estimate of drug-likeness (QED) is 0.610. The van der Waals surface area contributed by atoms with Crippen molar-refractivity contribution >= 4 is 17.5 Å². The highest BCUT2D eigenvalue weighted by Crippen LogP contribution is 2.22. The maximum Gasteiger partial charge on any atom is 0.225 e. The molecule has 1 aromatic rings. The van der Waals surface area contributed by atoms with Gasteiger partial charge in [0, 0.05) is 61.5 Å². The minimum absolute atomic E-state index is 0.0603. The number of piperazine rings is 1. The molecule has 2 aliphatic heterocycles. The van der Waals surface area contributed by atoms with Crippen LogP contribution in [0.5, 0.6) is 0 Å². The Morgan fingerprint density at radius 3 is 2.47 bits per heavy atom. The average Bonchev–Trinajstić information content (AvgIpc) is 2.77. The van der Waals surface area contributed by atoms with E-state index in [-0.39, 0.29) is 17.6 Å². The fraction of sp³-hybridized carbons (Fsp3) is 0.458. The Balaban J connectivity index is 1.45. The summed E-state index contributed by atoms with van der Waals surface area (Å²) in [7, 11) is 0. The zero-order valence-corrected chi connectivity index (χ0v) is 19.2. The van der Waals surface area contributed by atoms with Gasteiger partial charge in [0.25, 0.3) is 0 Å². The molecule has 0 saturated carbocycles. The Hall–Kier alpha value is -2.35. The molecule has 1 aromatic carbocycles. The van der Waals surface area contributed by atoms with Gasteiger partial charge >= 0.3 is 0 Å². The largest absolute Gasteiger partial charge is 0.405 e. The van der Waals surface area contributed by atoms with E-state index in [9.17, 15) is 9.18 Å². The first kappa shape index (κ1) is 24.3. The Labute approximate surface area is 195 Å². The van der Waals surface area contributed by atoms with Gasteiger partial charge in [-0.1, -0.05) is 18.2 Å². The van der Waals surface area contributed by atoms with Gasteiger partial charge < -0.3 is 16.4 Å². The number of hydrogen-bond donors (Lipinski definition) is 2. The number of hydrogen-bond acceptors (Lipinski definition) is 5. The molecular weight excluding hydrogens is 429 g/mol. The zero-order valence-electron chi connectivity index (χ0n) is 18.5. The number of halogens is 2. The van der Waals surface area contributed by atoms with Crippen LogP contribution in [0.1, 0.15) is 18.4 Å². The van der Waals surface area contributed by atoms with Crippen LogP contribution < -0.4 is 11.5 Å². The van der Waals surface area contributed by atoms with Gasteiger partial charge in [-0.15, -0.1) is 0 Å². The summed E-state index contributed by atoms with van der Waals surface area (Å²) in [5.41, 5.74) is 13.3. The number of rotatable bonds is 7. The molecule has 32 heavy (non-hydrogen) atoms. The summed E-state index contributed by atoms with van der Waals surface area (Å²) < 4.78 is 14.0. The second-order valence-corrected chi connectivity index (χ2v) is 8.98. The van der Waals surface area contributed by atoms with Crippen molar-refractivity contribution in [2.24, 2.45) is 17.4 Å². The molecule has 0 aliphatic carbocycles. The van der Waals surface area contributed by atoms with Crippen LogP contribution in [0.3, 0.4) is 0 Å². The number of amides is 1. The number of allylic oxidation sites excluding steroid dienone is 1. The Kier molecular flexibility index (Phi) is 8.73. The summed E-state index contributed by atoms with van der Waals surface area (Å²) in [6, 6.07) is 4.64. The lowest BCUT2D eigenvalue weighted by atomic mass is 9.94. The predicted octanol–water partition coefficient (Wildman–Crippen LogP) is 2.71. The van der Waals surface area contributed by atoms with Gasteiger partial charge in [-0.25, -0.2) is 4.39 Å². The number of likely N-dealkylation sites (tertiary alicyclic amines) is 1. The summed E-state index contributed by atoms with van der Waals surface area (Å²) in [5.74, 6) is 0.0618. The van der Waals surface area contributed by atoms with Gasteiger partial charge in [0.05, 0.1) is 0 Å². The Morgan fingerprint density at radius 1 is 1.16 bits per heavy atom. The molecule has 2 aliphatic rings. The van der Waals surface area contributed by atoms with E-state index in [2.05, 4.69) is 16.4 Å². The maximum absolute atomic E-state index is 14.0. The number of nitrogens with zero attached hydrogens (tertiary/aromatic N) is 3. The van der Waals surface area contributed by atoms with E-state index < -0.39 is 0 Å². The molecule has 1 amide bonds. The van der Waals surface area contributed by atoms with Gasteiger partial charge in [-0.2, -0.15) is 0 Å². The number of carbonyl (C=O) groups is 1. The molecule has 6 nitrogen and oxygen atoms in total. The van der Waals surface area contributed by atoms with E-state index in [4.69, 9.17) is 23.1 Å². The highest BCUT2D eigenvalue weighted by Gasteiger charge is 2.30. The molecule has 0 unspecified atom stereocenters. The van der Waals surface area contributed by atoms with Crippen LogP contribution in [0.25, 0.3) is 0 Å². The topological polar surface area (TPSA) is 78.8 Å². The first-order chi connectivity index (χ1) is 15.4.